The van der Waals surface area contributed by atoms with Gasteiger partial charge in [-0.3, -0.25) is 24.8 Å². The third-order valence-electron chi connectivity index (χ3n) is 6.67. The number of hydrogen-bond acceptors (Lipinski definition) is 7. The molecule has 180 valence electrons. The van der Waals surface area contributed by atoms with E-state index in [0.29, 0.717) is 19.4 Å². The summed E-state index contributed by atoms with van der Waals surface area (Å²) < 4.78 is 10.9. The van der Waals surface area contributed by atoms with Crippen LogP contribution in [0.1, 0.15) is 32.1 Å². The highest BCUT2D eigenvalue weighted by Gasteiger charge is 2.52. The number of amides is 4. The Kier molecular flexibility index (Phi) is 7.34. The van der Waals surface area contributed by atoms with E-state index in [4.69, 9.17) is 9.47 Å². The van der Waals surface area contributed by atoms with E-state index in [2.05, 4.69) is 15.6 Å². The quantitative estimate of drug-likeness (QED) is 0.559. The Labute approximate surface area is 194 Å². The van der Waals surface area contributed by atoms with Gasteiger partial charge in [-0.25, -0.2) is 4.79 Å². The van der Waals surface area contributed by atoms with Crippen LogP contribution in [-0.4, -0.2) is 91.2 Å². The van der Waals surface area contributed by atoms with Crippen LogP contribution in [0.25, 0.3) is 0 Å². The molecule has 2 saturated heterocycles. The summed E-state index contributed by atoms with van der Waals surface area (Å²) >= 11 is 0. The van der Waals surface area contributed by atoms with E-state index in [0.717, 1.165) is 68.5 Å². The SMILES string of the molecule is COc1ccc(OCCN2CCN(CC(=O)NN3C(=O)NC4(CCCCC4)C3=O)CC2)cc1. The van der Waals surface area contributed by atoms with Crippen LogP contribution >= 0.6 is 0 Å². The van der Waals surface area contributed by atoms with Gasteiger partial charge in [-0.2, -0.15) is 5.01 Å². The molecule has 0 unspecified atom stereocenters. The predicted octanol–water partition coefficient (Wildman–Crippen LogP) is 0.978. The summed E-state index contributed by atoms with van der Waals surface area (Å²) in [4.78, 5) is 41.9. The lowest BCUT2D eigenvalue weighted by Gasteiger charge is -2.34. The molecule has 10 nitrogen and oxygen atoms in total. The first-order valence-electron chi connectivity index (χ1n) is 11.7. The number of hydrazine groups is 1. The van der Waals surface area contributed by atoms with Crippen molar-refractivity contribution in [2.45, 2.75) is 37.6 Å². The van der Waals surface area contributed by atoms with Gasteiger partial charge in [-0.15, -0.1) is 0 Å². The first-order valence-corrected chi connectivity index (χ1v) is 11.7. The molecule has 1 aliphatic carbocycles. The average Bonchev–Trinajstić information content (AvgIpc) is 3.05. The Morgan fingerprint density at radius 1 is 1.00 bits per heavy atom. The number of carbonyl (C=O) groups excluding carboxylic acids is 3. The van der Waals surface area contributed by atoms with Crippen molar-refractivity contribution in [2.24, 2.45) is 0 Å². The van der Waals surface area contributed by atoms with E-state index >= 15 is 0 Å². The number of nitrogens with one attached hydrogen (secondary N) is 2. The third-order valence-corrected chi connectivity index (χ3v) is 6.67. The van der Waals surface area contributed by atoms with Gasteiger partial charge in [0.15, 0.2) is 0 Å². The first-order chi connectivity index (χ1) is 16.0. The number of rotatable bonds is 8. The molecule has 3 aliphatic rings. The van der Waals surface area contributed by atoms with Crippen molar-refractivity contribution < 1.29 is 23.9 Å². The minimum Gasteiger partial charge on any atom is -0.497 e. The maximum atomic E-state index is 12.8. The van der Waals surface area contributed by atoms with Crippen LogP contribution in [0, 0.1) is 0 Å². The predicted molar refractivity (Wildman–Crippen MR) is 121 cm³/mol. The number of ether oxygens (including phenoxy) is 2. The van der Waals surface area contributed by atoms with E-state index in [1.165, 1.54) is 0 Å². The van der Waals surface area contributed by atoms with Crippen LogP contribution in [0.4, 0.5) is 4.79 Å². The summed E-state index contributed by atoms with van der Waals surface area (Å²) in [5.74, 6) is 0.928. The number of imide groups is 1. The Morgan fingerprint density at radius 3 is 2.30 bits per heavy atom. The maximum absolute atomic E-state index is 12.8. The van der Waals surface area contributed by atoms with Crippen LogP contribution in [0.5, 0.6) is 11.5 Å². The summed E-state index contributed by atoms with van der Waals surface area (Å²) in [5.41, 5.74) is 1.69. The number of piperazine rings is 1. The van der Waals surface area contributed by atoms with Gasteiger partial charge in [0, 0.05) is 32.7 Å². The second-order valence-electron chi connectivity index (χ2n) is 8.89. The lowest BCUT2D eigenvalue weighted by Crippen LogP contribution is -2.54. The fourth-order valence-corrected chi connectivity index (χ4v) is 4.71. The normalized spacial score (nSPS) is 21.2. The Hall–Kier alpha value is -2.85. The number of hydrogen-bond donors (Lipinski definition) is 2. The van der Waals surface area contributed by atoms with Crippen molar-refractivity contribution in [1.29, 1.82) is 0 Å². The fraction of sp³-hybridized carbons (Fsp3) is 0.609. The summed E-state index contributed by atoms with van der Waals surface area (Å²) in [6, 6.07) is 6.98. The summed E-state index contributed by atoms with van der Waals surface area (Å²) in [7, 11) is 1.63. The molecule has 10 heteroatoms. The second kappa shape index (κ2) is 10.4. The summed E-state index contributed by atoms with van der Waals surface area (Å²) in [5, 5.41) is 3.68. The molecule has 1 aromatic carbocycles. The van der Waals surface area contributed by atoms with Crippen molar-refractivity contribution in [3.63, 3.8) is 0 Å². The number of carbonyl (C=O) groups is 3. The molecule has 2 N–H and O–H groups in total. The lowest BCUT2D eigenvalue weighted by molar-refractivity contribution is -0.140. The van der Waals surface area contributed by atoms with E-state index in [9.17, 15) is 14.4 Å². The first kappa shape index (κ1) is 23.3. The van der Waals surface area contributed by atoms with Crippen LogP contribution in [0.15, 0.2) is 24.3 Å². The number of methoxy groups -OCH3 is 1. The lowest BCUT2D eigenvalue weighted by atomic mass is 9.82. The van der Waals surface area contributed by atoms with E-state index in [1.54, 1.807) is 7.11 Å². The molecular weight excluding hydrogens is 426 g/mol. The number of urea groups is 1. The van der Waals surface area contributed by atoms with Crippen LogP contribution in [-0.2, 0) is 9.59 Å². The van der Waals surface area contributed by atoms with Crippen molar-refractivity contribution in [3.8, 4) is 11.5 Å². The Balaban J connectivity index is 1.16. The molecule has 0 aromatic heterocycles. The van der Waals surface area contributed by atoms with Gasteiger partial charge in [0.05, 0.1) is 13.7 Å². The zero-order chi connectivity index (χ0) is 23.3. The molecule has 2 heterocycles. The largest absolute Gasteiger partial charge is 0.497 e. The monoisotopic (exact) mass is 459 g/mol. The van der Waals surface area contributed by atoms with Gasteiger partial charge >= 0.3 is 6.03 Å². The van der Waals surface area contributed by atoms with E-state index in [1.807, 2.05) is 29.2 Å². The fourth-order valence-electron chi connectivity index (χ4n) is 4.71. The van der Waals surface area contributed by atoms with Crippen LogP contribution in [0.3, 0.4) is 0 Å². The third kappa shape index (κ3) is 5.56. The molecule has 1 aromatic rings. The molecular formula is C23H33N5O5. The van der Waals surface area contributed by atoms with Gasteiger partial charge in [0.1, 0.15) is 23.6 Å². The smallest absolute Gasteiger partial charge is 0.344 e. The van der Waals surface area contributed by atoms with Crippen molar-refractivity contribution in [3.05, 3.63) is 24.3 Å². The second-order valence-corrected chi connectivity index (χ2v) is 8.89. The molecule has 3 fully saturated rings. The van der Waals surface area contributed by atoms with Crippen molar-refractivity contribution >= 4 is 17.8 Å². The number of benzene rings is 1. The highest BCUT2D eigenvalue weighted by molar-refractivity contribution is 6.08. The highest BCUT2D eigenvalue weighted by atomic mass is 16.5. The maximum Gasteiger partial charge on any atom is 0.344 e. The molecule has 1 saturated carbocycles. The standard InChI is InChI=1S/C23H33N5O5/c1-32-18-5-7-19(8-6-18)33-16-15-26-11-13-27(14-12-26)17-20(29)25-28-21(30)23(24-22(28)31)9-3-2-4-10-23/h5-8H,2-4,9-17H2,1H3,(H,24,31)(H,25,29). The molecule has 0 atom stereocenters. The zero-order valence-electron chi connectivity index (χ0n) is 19.2. The van der Waals surface area contributed by atoms with Crippen molar-refractivity contribution in [1.82, 2.24) is 25.6 Å². The van der Waals surface area contributed by atoms with E-state index in [-0.39, 0.29) is 18.4 Å². The minimum atomic E-state index is -0.831. The molecule has 4 amide bonds. The summed E-state index contributed by atoms with van der Waals surface area (Å²) in [6.07, 6.45) is 4.14. The van der Waals surface area contributed by atoms with Gasteiger partial charge in [0.25, 0.3) is 11.8 Å². The molecule has 0 radical (unpaired) electrons. The van der Waals surface area contributed by atoms with Crippen LogP contribution < -0.4 is 20.2 Å². The Morgan fingerprint density at radius 2 is 1.64 bits per heavy atom. The molecule has 4 rings (SSSR count). The topological polar surface area (TPSA) is 103 Å². The van der Waals surface area contributed by atoms with Gasteiger partial charge in [-0.1, -0.05) is 19.3 Å². The molecule has 0 bridgehead atoms. The van der Waals surface area contributed by atoms with Gasteiger partial charge in [0.2, 0.25) is 0 Å². The summed E-state index contributed by atoms with van der Waals surface area (Å²) in [6.45, 7) is 4.66. The van der Waals surface area contributed by atoms with Crippen LogP contribution in [0.2, 0.25) is 0 Å². The number of nitrogens with zero attached hydrogens (tertiary/aromatic N) is 3. The van der Waals surface area contributed by atoms with Gasteiger partial charge in [-0.05, 0) is 37.1 Å². The molecule has 1 spiro atoms. The van der Waals surface area contributed by atoms with Gasteiger partial charge < -0.3 is 14.8 Å². The average molecular weight is 460 g/mol. The van der Waals surface area contributed by atoms with E-state index < -0.39 is 11.6 Å². The zero-order valence-corrected chi connectivity index (χ0v) is 19.2. The highest BCUT2D eigenvalue weighted by Crippen LogP contribution is 2.33. The molecule has 2 aliphatic heterocycles. The Bertz CT molecular complexity index is 847. The minimum absolute atomic E-state index is 0.153. The molecule has 33 heavy (non-hydrogen) atoms. The van der Waals surface area contributed by atoms with Crippen molar-refractivity contribution in [2.75, 3.05) is 53.0 Å².